The standard InChI is InChI=1S/C24H27ClN4O4/c1-5-28(6-2)23(30)15-33-21-10-8-17(14-18(21)25)26-24(31)19-11-12-29(27-19)20-13-16(3)7-9-22(20)32-4/h7-14H,5-6,15H2,1-4H3,(H,26,31). The first-order valence-electron chi connectivity index (χ1n) is 10.6. The molecule has 2 amide bonds. The van der Waals surface area contributed by atoms with Crippen LogP contribution in [0.4, 0.5) is 5.69 Å². The van der Waals surface area contributed by atoms with E-state index in [1.165, 1.54) is 0 Å². The molecule has 0 aliphatic heterocycles. The number of likely N-dealkylation sites (N-methyl/N-ethyl adjacent to an activating group) is 1. The summed E-state index contributed by atoms with van der Waals surface area (Å²) in [4.78, 5) is 26.5. The second-order valence-electron chi connectivity index (χ2n) is 7.27. The summed E-state index contributed by atoms with van der Waals surface area (Å²) in [5.41, 5.74) is 2.50. The first-order valence-corrected chi connectivity index (χ1v) is 11.0. The summed E-state index contributed by atoms with van der Waals surface area (Å²) < 4.78 is 12.5. The van der Waals surface area contributed by atoms with Crippen molar-refractivity contribution in [1.29, 1.82) is 0 Å². The highest BCUT2D eigenvalue weighted by molar-refractivity contribution is 6.32. The Morgan fingerprint density at radius 1 is 1.09 bits per heavy atom. The van der Waals surface area contributed by atoms with Crippen molar-refractivity contribution in [3.8, 4) is 17.2 Å². The monoisotopic (exact) mass is 470 g/mol. The molecule has 0 aliphatic carbocycles. The summed E-state index contributed by atoms with van der Waals surface area (Å²) in [6.07, 6.45) is 1.70. The van der Waals surface area contributed by atoms with E-state index in [2.05, 4.69) is 10.4 Å². The Kier molecular flexibility index (Phi) is 7.95. The number of hydrogen-bond acceptors (Lipinski definition) is 5. The number of benzene rings is 2. The molecule has 1 heterocycles. The molecule has 0 saturated carbocycles. The topological polar surface area (TPSA) is 85.7 Å². The Bertz CT molecular complexity index is 1140. The molecule has 0 bridgehead atoms. The number of halogens is 1. The average Bonchev–Trinajstić information content (AvgIpc) is 3.30. The van der Waals surface area contributed by atoms with Crippen molar-refractivity contribution < 1.29 is 19.1 Å². The highest BCUT2D eigenvalue weighted by atomic mass is 35.5. The number of carbonyl (C=O) groups is 2. The summed E-state index contributed by atoms with van der Waals surface area (Å²) in [6.45, 7) is 6.91. The second kappa shape index (κ2) is 10.9. The molecule has 33 heavy (non-hydrogen) atoms. The lowest BCUT2D eigenvalue weighted by Crippen LogP contribution is -2.34. The number of rotatable bonds is 9. The number of carbonyl (C=O) groups excluding carboxylic acids is 2. The molecule has 0 saturated heterocycles. The van der Waals surface area contributed by atoms with E-state index in [1.54, 1.807) is 47.2 Å². The molecule has 3 aromatic rings. The third-order valence-corrected chi connectivity index (χ3v) is 5.36. The quantitative estimate of drug-likeness (QED) is 0.502. The van der Waals surface area contributed by atoms with Crippen LogP contribution in [0.1, 0.15) is 29.9 Å². The van der Waals surface area contributed by atoms with Crippen molar-refractivity contribution in [3.63, 3.8) is 0 Å². The molecule has 0 aliphatic rings. The molecule has 8 nitrogen and oxygen atoms in total. The molecule has 9 heteroatoms. The van der Waals surface area contributed by atoms with E-state index in [0.29, 0.717) is 30.3 Å². The highest BCUT2D eigenvalue weighted by Crippen LogP contribution is 2.28. The van der Waals surface area contributed by atoms with Crippen LogP contribution in [0, 0.1) is 6.92 Å². The van der Waals surface area contributed by atoms with Gasteiger partial charge in [-0.05, 0) is 62.7 Å². The lowest BCUT2D eigenvalue weighted by molar-refractivity contribution is -0.132. The van der Waals surface area contributed by atoms with Gasteiger partial charge in [0, 0.05) is 25.0 Å². The second-order valence-corrected chi connectivity index (χ2v) is 7.68. The van der Waals surface area contributed by atoms with Gasteiger partial charge in [0.05, 0.1) is 12.1 Å². The van der Waals surface area contributed by atoms with Crippen LogP contribution in [0.2, 0.25) is 5.02 Å². The molecule has 0 atom stereocenters. The van der Waals surface area contributed by atoms with Crippen LogP contribution in [0.25, 0.3) is 5.69 Å². The van der Waals surface area contributed by atoms with E-state index >= 15 is 0 Å². The lowest BCUT2D eigenvalue weighted by Gasteiger charge is -2.19. The van der Waals surface area contributed by atoms with E-state index in [4.69, 9.17) is 21.1 Å². The van der Waals surface area contributed by atoms with E-state index in [-0.39, 0.29) is 29.1 Å². The van der Waals surface area contributed by atoms with Crippen LogP contribution in [-0.4, -0.2) is 53.3 Å². The van der Waals surface area contributed by atoms with Crippen LogP contribution in [0.15, 0.2) is 48.7 Å². The van der Waals surface area contributed by atoms with Crippen molar-refractivity contribution in [3.05, 3.63) is 64.9 Å². The minimum Gasteiger partial charge on any atom is -0.494 e. The third-order valence-electron chi connectivity index (χ3n) is 5.06. The van der Waals surface area contributed by atoms with Gasteiger partial charge in [0.1, 0.15) is 17.2 Å². The average molecular weight is 471 g/mol. The summed E-state index contributed by atoms with van der Waals surface area (Å²) in [5, 5.41) is 7.43. The summed E-state index contributed by atoms with van der Waals surface area (Å²) >= 11 is 6.29. The molecule has 1 N–H and O–H groups in total. The first-order chi connectivity index (χ1) is 15.9. The minimum atomic E-state index is -0.387. The Morgan fingerprint density at radius 3 is 2.48 bits per heavy atom. The number of methoxy groups -OCH3 is 1. The van der Waals surface area contributed by atoms with Crippen LogP contribution in [0.5, 0.6) is 11.5 Å². The Morgan fingerprint density at radius 2 is 1.82 bits per heavy atom. The summed E-state index contributed by atoms with van der Waals surface area (Å²) in [5.74, 6) is 0.514. The van der Waals surface area contributed by atoms with Gasteiger partial charge in [0.15, 0.2) is 12.3 Å². The van der Waals surface area contributed by atoms with E-state index in [1.807, 2.05) is 39.0 Å². The van der Waals surface area contributed by atoms with Gasteiger partial charge < -0.3 is 19.7 Å². The van der Waals surface area contributed by atoms with E-state index in [0.717, 1.165) is 11.3 Å². The normalized spacial score (nSPS) is 10.6. The molecule has 1 aromatic heterocycles. The number of nitrogens with zero attached hydrogens (tertiary/aromatic N) is 3. The van der Waals surface area contributed by atoms with Gasteiger partial charge in [0.2, 0.25) is 0 Å². The smallest absolute Gasteiger partial charge is 0.276 e. The first kappa shape index (κ1) is 24.1. The van der Waals surface area contributed by atoms with Crippen LogP contribution < -0.4 is 14.8 Å². The fourth-order valence-electron chi connectivity index (χ4n) is 3.26. The van der Waals surface area contributed by atoms with Crippen molar-refractivity contribution in [2.24, 2.45) is 0 Å². The summed E-state index contributed by atoms with van der Waals surface area (Å²) in [7, 11) is 1.59. The molecular formula is C24H27ClN4O4. The molecule has 2 aromatic carbocycles. The number of aryl methyl sites for hydroxylation is 1. The third kappa shape index (κ3) is 5.84. The zero-order chi connectivity index (χ0) is 24.0. The maximum absolute atomic E-state index is 12.7. The van der Waals surface area contributed by atoms with Gasteiger partial charge in [-0.2, -0.15) is 5.10 Å². The largest absolute Gasteiger partial charge is 0.494 e. The van der Waals surface area contributed by atoms with Gasteiger partial charge in [-0.3, -0.25) is 9.59 Å². The SMILES string of the molecule is CCN(CC)C(=O)COc1ccc(NC(=O)c2ccn(-c3cc(C)ccc3OC)n2)cc1Cl. The van der Waals surface area contributed by atoms with Gasteiger partial charge in [-0.1, -0.05) is 17.7 Å². The Labute approximate surface area is 198 Å². The van der Waals surface area contributed by atoms with Gasteiger partial charge in [-0.25, -0.2) is 4.68 Å². The predicted molar refractivity (Wildman–Crippen MR) is 128 cm³/mol. The van der Waals surface area contributed by atoms with Gasteiger partial charge >= 0.3 is 0 Å². The van der Waals surface area contributed by atoms with E-state index < -0.39 is 0 Å². The van der Waals surface area contributed by atoms with Crippen molar-refractivity contribution in [2.45, 2.75) is 20.8 Å². The van der Waals surface area contributed by atoms with Crippen molar-refractivity contribution >= 4 is 29.1 Å². The molecule has 0 radical (unpaired) electrons. The number of anilines is 1. The van der Waals surface area contributed by atoms with Gasteiger partial charge in [0.25, 0.3) is 11.8 Å². The van der Waals surface area contributed by atoms with Gasteiger partial charge in [-0.15, -0.1) is 0 Å². The molecule has 174 valence electrons. The predicted octanol–water partition coefficient (Wildman–Crippen LogP) is 4.34. The minimum absolute atomic E-state index is 0.104. The molecule has 0 fully saturated rings. The fraction of sp³-hybridized carbons (Fsp3) is 0.292. The molecule has 3 rings (SSSR count). The fourth-order valence-corrected chi connectivity index (χ4v) is 3.49. The number of amides is 2. The summed E-state index contributed by atoms with van der Waals surface area (Å²) in [6, 6.07) is 12.2. The van der Waals surface area contributed by atoms with Crippen molar-refractivity contribution in [1.82, 2.24) is 14.7 Å². The maximum Gasteiger partial charge on any atom is 0.276 e. The zero-order valence-electron chi connectivity index (χ0n) is 19.1. The molecular weight excluding hydrogens is 444 g/mol. The van der Waals surface area contributed by atoms with Crippen LogP contribution >= 0.6 is 11.6 Å². The number of hydrogen-bond donors (Lipinski definition) is 1. The Balaban J connectivity index is 1.67. The molecule has 0 unspecified atom stereocenters. The maximum atomic E-state index is 12.7. The Hall–Kier alpha value is -3.52. The number of aromatic nitrogens is 2. The zero-order valence-corrected chi connectivity index (χ0v) is 19.8. The van der Waals surface area contributed by atoms with Crippen LogP contribution in [-0.2, 0) is 4.79 Å². The lowest BCUT2D eigenvalue weighted by atomic mass is 10.2. The number of ether oxygens (including phenoxy) is 2. The van der Waals surface area contributed by atoms with Crippen LogP contribution in [0.3, 0.4) is 0 Å². The highest BCUT2D eigenvalue weighted by Gasteiger charge is 2.15. The van der Waals surface area contributed by atoms with Crippen molar-refractivity contribution in [2.75, 3.05) is 32.1 Å². The molecule has 0 spiro atoms. The van der Waals surface area contributed by atoms with E-state index in [9.17, 15) is 9.59 Å². The number of nitrogens with one attached hydrogen (secondary N) is 1.